The number of para-hydroxylation sites is 1. The molecule has 0 aromatic heterocycles. The number of hydrogen-bond acceptors (Lipinski definition) is 3. The van der Waals surface area contributed by atoms with Crippen molar-refractivity contribution in [2.24, 2.45) is 0 Å². The van der Waals surface area contributed by atoms with E-state index in [0.29, 0.717) is 27.8 Å². The molecule has 0 aliphatic heterocycles. The van der Waals surface area contributed by atoms with Gasteiger partial charge >= 0.3 is 0 Å². The molecule has 2 rings (SSSR count). The number of ether oxygens (including phenoxy) is 1. The molecule has 0 aliphatic rings. The first kappa shape index (κ1) is 25.0. The van der Waals surface area contributed by atoms with Crippen LogP contribution in [0.2, 0.25) is 10.0 Å². The van der Waals surface area contributed by atoms with Crippen molar-refractivity contribution in [2.75, 3.05) is 6.61 Å². The highest BCUT2D eigenvalue weighted by Crippen LogP contribution is 2.24. The smallest absolute Gasteiger partial charge is 0.261 e. The molecule has 0 spiro atoms. The third-order valence-electron chi connectivity index (χ3n) is 4.68. The Balaban J connectivity index is 2.29. The maximum atomic E-state index is 13.2. The fourth-order valence-electron chi connectivity index (χ4n) is 3.15. The summed E-state index contributed by atoms with van der Waals surface area (Å²) in [6.07, 6.45) is 0.448. The van der Waals surface area contributed by atoms with Crippen molar-refractivity contribution in [2.45, 2.75) is 59.2 Å². The lowest BCUT2D eigenvalue weighted by atomic mass is 10.1. The van der Waals surface area contributed by atoms with Gasteiger partial charge in [0.15, 0.2) is 6.61 Å². The molecule has 168 valence electrons. The average molecular weight is 465 g/mol. The van der Waals surface area contributed by atoms with Crippen LogP contribution in [0.4, 0.5) is 0 Å². The molecule has 0 fully saturated rings. The number of rotatable bonds is 8. The third-order valence-corrected chi connectivity index (χ3v) is 5.27. The second-order valence-electron chi connectivity index (χ2n) is 8.47. The topological polar surface area (TPSA) is 58.6 Å². The highest BCUT2D eigenvalue weighted by Gasteiger charge is 2.31. The fraction of sp³-hybridized carbons (Fsp3) is 0.417. The van der Waals surface area contributed by atoms with Crippen molar-refractivity contribution >= 4 is 35.0 Å². The lowest BCUT2D eigenvalue weighted by molar-refractivity contribution is -0.143. The fourth-order valence-corrected chi connectivity index (χ4v) is 3.61. The quantitative estimate of drug-likeness (QED) is 0.568. The monoisotopic (exact) mass is 464 g/mol. The minimum atomic E-state index is -0.668. The SMILES string of the molecule is CCC(C(=O)NC(C)(C)C)N(Cc1ccc(Cl)cc1Cl)C(=O)COc1ccccc1C. The highest BCUT2D eigenvalue weighted by molar-refractivity contribution is 6.35. The van der Waals surface area contributed by atoms with E-state index in [9.17, 15) is 9.59 Å². The molecule has 0 heterocycles. The van der Waals surface area contributed by atoms with Crippen LogP contribution in [-0.2, 0) is 16.1 Å². The van der Waals surface area contributed by atoms with Gasteiger partial charge in [-0.05, 0) is 63.4 Å². The zero-order valence-electron chi connectivity index (χ0n) is 18.7. The average Bonchev–Trinajstić information content (AvgIpc) is 2.67. The summed E-state index contributed by atoms with van der Waals surface area (Å²) in [5, 5.41) is 3.92. The molecule has 0 saturated carbocycles. The molecule has 0 aliphatic carbocycles. The van der Waals surface area contributed by atoms with E-state index < -0.39 is 11.6 Å². The van der Waals surface area contributed by atoms with Crippen LogP contribution >= 0.6 is 23.2 Å². The minimum absolute atomic E-state index is 0.169. The predicted molar refractivity (Wildman–Crippen MR) is 126 cm³/mol. The summed E-state index contributed by atoms with van der Waals surface area (Å²) in [5.41, 5.74) is 1.21. The molecule has 7 heteroatoms. The van der Waals surface area contributed by atoms with Crippen LogP contribution in [0.25, 0.3) is 0 Å². The number of aryl methyl sites for hydroxylation is 1. The van der Waals surface area contributed by atoms with Gasteiger partial charge in [-0.3, -0.25) is 9.59 Å². The maximum absolute atomic E-state index is 13.2. The van der Waals surface area contributed by atoms with E-state index in [1.165, 1.54) is 4.90 Å². The lowest BCUT2D eigenvalue weighted by Crippen LogP contribution is -2.54. The van der Waals surface area contributed by atoms with Gasteiger partial charge in [0.25, 0.3) is 5.91 Å². The molecule has 1 N–H and O–H groups in total. The maximum Gasteiger partial charge on any atom is 0.261 e. The standard InChI is InChI=1S/C24H30Cl2N2O3/c1-6-20(23(30)27-24(3,4)5)28(14-17-11-12-18(25)13-19(17)26)22(29)15-31-21-10-8-7-9-16(21)2/h7-13,20H,6,14-15H2,1-5H3,(H,27,30). The summed E-state index contributed by atoms with van der Waals surface area (Å²) in [6.45, 7) is 9.48. The molecule has 5 nitrogen and oxygen atoms in total. The number of hydrogen-bond donors (Lipinski definition) is 1. The summed E-state index contributed by atoms with van der Waals surface area (Å²) >= 11 is 12.4. The molecule has 1 unspecified atom stereocenters. The number of carbonyl (C=O) groups is 2. The van der Waals surface area contributed by atoms with Gasteiger partial charge < -0.3 is 15.0 Å². The van der Waals surface area contributed by atoms with Gasteiger partial charge in [-0.1, -0.05) is 54.4 Å². The van der Waals surface area contributed by atoms with Gasteiger partial charge in [0.05, 0.1) is 0 Å². The van der Waals surface area contributed by atoms with E-state index in [1.807, 2.05) is 58.9 Å². The molecule has 2 aromatic carbocycles. The molecule has 0 radical (unpaired) electrons. The van der Waals surface area contributed by atoms with E-state index in [4.69, 9.17) is 27.9 Å². The zero-order valence-corrected chi connectivity index (χ0v) is 20.2. The van der Waals surface area contributed by atoms with Crippen LogP contribution in [0.15, 0.2) is 42.5 Å². The predicted octanol–water partition coefficient (Wildman–Crippen LogP) is 5.40. The van der Waals surface area contributed by atoms with Gasteiger partial charge in [0.1, 0.15) is 11.8 Å². The van der Waals surface area contributed by atoms with Gasteiger partial charge in [0.2, 0.25) is 5.91 Å². The Kier molecular flexibility index (Phi) is 8.78. The van der Waals surface area contributed by atoms with E-state index in [1.54, 1.807) is 18.2 Å². The Labute approximate surface area is 194 Å². The van der Waals surface area contributed by atoms with Crippen molar-refractivity contribution in [3.05, 3.63) is 63.6 Å². The van der Waals surface area contributed by atoms with Crippen LogP contribution in [0.5, 0.6) is 5.75 Å². The molecule has 2 amide bonds. The van der Waals surface area contributed by atoms with Crippen LogP contribution in [0.1, 0.15) is 45.2 Å². The van der Waals surface area contributed by atoms with E-state index in [-0.39, 0.29) is 25.0 Å². The Hall–Kier alpha value is -2.24. The molecule has 1 atom stereocenters. The Morgan fingerprint density at radius 2 is 1.81 bits per heavy atom. The number of amides is 2. The summed E-state index contributed by atoms with van der Waals surface area (Å²) in [4.78, 5) is 27.7. The lowest BCUT2D eigenvalue weighted by Gasteiger charge is -2.33. The van der Waals surface area contributed by atoms with Crippen molar-refractivity contribution in [1.29, 1.82) is 0 Å². The second kappa shape index (κ2) is 10.9. The van der Waals surface area contributed by atoms with Crippen LogP contribution in [-0.4, -0.2) is 34.9 Å². The molecule has 0 bridgehead atoms. The molecule has 31 heavy (non-hydrogen) atoms. The van der Waals surface area contributed by atoms with Crippen LogP contribution in [0, 0.1) is 6.92 Å². The highest BCUT2D eigenvalue weighted by atomic mass is 35.5. The molecular weight excluding hydrogens is 435 g/mol. The van der Waals surface area contributed by atoms with Gasteiger partial charge in [-0.15, -0.1) is 0 Å². The van der Waals surface area contributed by atoms with E-state index in [2.05, 4.69) is 5.32 Å². The molecular formula is C24H30Cl2N2O3. The molecule has 2 aromatic rings. The third kappa shape index (κ3) is 7.44. The van der Waals surface area contributed by atoms with Crippen molar-refractivity contribution in [3.8, 4) is 5.75 Å². The number of nitrogens with one attached hydrogen (secondary N) is 1. The van der Waals surface area contributed by atoms with Crippen LogP contribution < -0.4 is 10.1 Å². The van der Waals surface area contributed by atoms with Crippen LogP contribution in [0.3, 0.4) is 0 Å². The summed E-state index contributed by atoms with van der Waals surface area (Å²) in [6, 6.07) is 11.9. The van der Waals surface area contributed by atoms with E-state index in [0.717, 1.165) is 5.56 Å². The van der Waals surface area contributed by atoms with Gasteiger partial charge in [-0.25, -0.2) is 0 Å². The normalized spacial score (nSPS) is 12.2. The number of carbonyl (C=O) groups excluding carboxylic acids is 2. The second-order valence-corrected chi connectivity index (χ2v) is 9.32. The summed E-state index contributed by atoms with van der Waals surface area (Å²) in [5.74, 6) is 0.113. The van der Waals surface area contributed by atoms with Crippen molar-refractivity contribution in [3.63, 3.8) is 0 Å². The first-order valence-corrected chi connectivity index (χ1v) is 11.0. The van der Waals surface area contributed by atoms with Crippen molar-refractivity contribution < 1.29 is 14.3 Å². The summed E-state index contributed by atoms with van der Waals surface area (Å²) in [7, 11) is 0. The summed E-state index contributed by atoms with van der Waals surface area (Å²) < 4.78 is 5.76. The number of benzene rings is 2. The zero-order chi connectivity index (χ0) is 23.2. The first-order chi connectivity index (χ1) is 14.5. The minimum Gasteiger partial charge on any atom is -0.484 e. The van der Waals surface area contributed by atoms with Gasteiger partial charge in [-0.2, -0.15) is 0 Å². The van der Waals surface area contributed by atoms with E-state index >= 15 is 0 Å². The Morgan fingerprint density at radius 3 is 2.39 bits per heavy atom. The largest absolute Gasteiger partial charge is 0.484 e. The molecule has 0 saturated heterocycles. The number of nitrogens with zero attached hydrogens (tertiary/aromatic N) is 1. The Morgan fingerprint density at radius 1 is 1.13 bits per heavy atom. The number of halogens is 2. The van der Waals surface area contributed by atoms with Crippen molar-refractivity contribution in [1.82, 2.24) is 10.2 Å². The van der Waals surface area contributed by atoms with Gasteiger partial charge in [0, 0.05) is 22.1 Å². The first-order valence-electron chi connectivity index (χ1n) is 10.3. The Bertz CT molecular complexity index is 925.